The van der Waals surface area contributed by atoms with Gasteiger partial charge in [-0.25, -0.2) is 19.3 Å². The Labute approximate surface area is 323 Å². The molecular weight excluding hydrogens is 785 g/mol. The fourth-order valence-corrected chi connectivity index (χ4v) is 6.68. The lowest BCUT2D eigenvalue weighted by Gasteiger charge is -2.25. The number of fused-ring (bicyclic) bond motifs is 3. The van der Waals surface area contributed by atoms with Gasteiger partial charge in [0.25, 0.3) is 11.8 Å². The molecule has 0 radical (unpaired) electrons. The molecule has 2 N–H and O–H groups in total. The Morgan fingerprint density at radius 2 is 1.05 bits per heavy atom. The molecule has 0 unspecified atom stereocenters. The van der Waals surface area contributed by atoms with Gasteiger partial charge in [-0.15, -0.1) is 0 Å². The molecule has 3 aromatic carbocycles. The van der Waals surface area contributed by atoms with Gasteiger partial charge < -0.3 is 5.73 Å². The minimum Gasteiger partial charge on any atom is -0.324 e. The van der Waals surface area contributed by atoms with E-state index in [0.717, 1.165) is 38.0 Å². The molecule has 0 spiro atoms. The summed E-state index contributed by atoms with van der Waals surface area (Å²) in [6.07, 6.45) is -6.82. The minimum atomic E-state index is -4.64. The molecule has 286 valence electrons. The molecular formula is C38H26Cl2F6N8O2. The van der Waals surface area contributed by atoms with Gasteiger partial charge in [-0.05, 0) is 62.4 Å². The van der Waals surface area contributed by atoms with Crippen LogP contribution in [0, 0.1) is 0 Å². The molecule has 56 heavy (non-hydrogen) atoms. The molecule has 0 saturated carbocycles. The zero-order valence-corrected chi connectivity index (χ0v) is 30.5. The van der Waals surface area contributed by atoms with Crippen LogP contribution < -0.4 is 5.73 Å². The summed E-state index contributed by atoms with van der Waals surface area (Å²) in [5, 5.41) is 9.27. The van der Waals surface area contributed by atoms with Crippen molar-refractivity contribution in [2.45, 2.75) is 38.3 Å². The third-order valence-electron chi connectivity index (χ3n) is 8.96. The van der Waals surface area contributed by atoms with Crippen LogP contribution in [-0.4, -0.2) is 46.2 Å². The summed E-state index contributed by atoms with van der Waals surface area (Å²) in [6, 6.07) is 20.6. The number of nitrogens with zero attached hydrogens (tertiary/aromatic N) is 7. The van der Waals surface area contributed by atoms with Crippen LogP contribution in [0.25, 0.3) is 33.4 Å². The van der Waals surface area contributed by atoms with Crippen LogP contribution in [0.2, 0.25) is 10.0 Å². The number of hydrogen-bond acceptors (Lipinski definition) is 7. The van der Waals surface area contributed by atoms with E-state index in [4.69, 9.17) is 28.9 Å². The maximum absolute atomic E-state index is 13.2. The molecule has 7 aromatic rings. The molecule has 8 rings (SSSR count). The van der Waals surface area contributed by atoms with Gasteiger partial charge in [0.15, 0.2) is 23.0 Å². The number of aromatic nitrogens is 6. The predicted molar refractivity (Wildman–Crippen MR) is 196 cm³/mol. The van der Waals surface area contributed by atoms with Gasteiger partial charge in [0.1, 0.15) is 0 Å². The Balaban J connectivity index is 0.000000183. The average molecular weight is 812 g/mol. The van der Waals surface area contributed by atoms with E-state index in [-0.39, 0.29) is 22.8 Å². The molecule has 10 nitrogen and oxygen atoms in total. The summed E-state index contributed by atoms with van der Waals surface area (Å²) in [5.74, 6) is -0.709. The smallest absolute Gasteiger partial charge is 0.324 e. The monoisotopic (exact) mass is 810 g/mol. The Morgan fingerprint density at radius 1 is 0.625 bits per heavy atom. The number of rotatable bonds is 5. The number of amides is 2. The number of carbonyl (C=O) groups excluding carboxylic acids is 2. The standard InChI is InChI=1S/C23H14ClF3N4O2.C15H12ClF3N4/c1-12(31-21(32)14-6-2-3-7-15(14)22(31)33)16-11-13-5-4-8-17(24)19(13)28-20(16)30-10-9-18(29-30)23(25,26)27;1-8(20)10-7-9-3-2-4-11(16)13(9)21-14(10)23-6-5-12(22-23)15(17,18)19/h2-12H,1H3;2-8H,20H2,1H3/t12-;8-/m00/s1. The lowest BCUT2D eigenvalue weighted by atomic mass is 10.0. The first kappa shape index (κ1) is 38.4. The van der Waals surface area contributed by atoms with Crippen molar-refractivity contribution in [2.24, 2.45) is 5.73 Å². The van der Waals surface area contributed by atoms with Crippen LogP contribution in [0.1, 0.15) is 69.2 Å². The summed E-state index contributed by atoms with van der Waals surface area (Å²) in [5.41, 5.74) is 6.16. The average Bonchev–Trinajstić information content (AvgIpc) is 3.91. The zero-order chi connectivity index (χ0) is 40.3. The Hall–Kier alpha value is -5.84. The summed E-state index contributed by atoms with van der Waals surface area (Å²) >= 11 is 12.4. The molecule has 5 heterocycles. The van der Waals surface area contributed by atoms with E-state index < -0.39 is 47.6 Å². The van der Waals surface area contributed by atoms with Crippen molar-refractivity contribution in [1.29, 1.82) is 0 Å². The molecule has 0 saturated heterocycles. The normalized spacial score (nSPS) is 14.2. The second kappa shape index (κ2) is 14.3. The van der Waals surface area contributed by atoms with E-state index in [0.29, 0.717) is 37.6 Å². The second-order valence-corrected chi connectivity index (χ2v) is 13.5. The number of halogens is 8. The van der Waals surface area contributed by atoms with Crippen LogP contribution in [0.3, 0.4) is 0 Å². The van der Waals surface area contributed by atoms with Crippen molar-refractivity contribution in [3.05, 3.63) is 141 Å². The van der Waals surface area contributed by atoms with Crippen molar-refractivity contribution >= 4 is 56.8 Å². The number of benzene rings is 3. The van der Waals surface area contributed by atoms with Crippen LogP contribution in [0.5, 0.6) is 0 Å². The van der Waals surface area contributed by atoms with E-state index in [1.807, 2.05) is 6.07 Å². The number of para-hydroxylation sites is 2. The maximum atomic E-state index is 13.2. The molecule has 0 fully saturated rings. The lowest BCUT2D eigenvalue weighted by molar-refractivity contribution is -0.142. The van der Waals surface area contributed by atoms with Gasteiger partial charge in [0.2, 0.25) is 0 Å². The van der Waals surface area contributed by atoms with Gasteiger partial charge in [-0.3, -0.25) is 14.5 Å². The topological polar surface area (TPSA) is 125 Å². The summed E-state index contributed by atoms with van der Waals surface area (Å²) in [4.78, 5) is 36.0. The number of carbonyl (C=O) groups is 2. The Morgan fingerprint density at radius 3 is 1.46 bits per heavy atom. The van der Waals surface area contributed by atoms with Gasteiger partial charge in [-0.1, -0.05) is 59.6 Å². The lowest BCUT2D eigenvalue weighted by Crippen LogP contribution is -2.33. The van der Waals surface area contributed by atoms with E-state index in [2.05, 4.69) is 20.2 Å². The molecule has 1 aliphatic rings. The molecule has 2 amide bonds. The maximum Gasteiger partial charge on any atom is 0.435 e. The molecule has 4 aromatic heterocycles. The van der Waals surface area contributed by atoms with Crippen LogP contribution >= 0.6 is 23.2 Å². The Bertz CT molecular complexity index is 2640. The molecule has 2 atom stereocenters. The fourth-order valence-electron chi connectivity index (χ4n) is 6.23. The fraction of sp³-hybridized carbons (Fsp3) is 0.158. The summed E-state index contributed by atoms with van der Waals surface area (Å²) < 4.78 is 79.8. The number of nitrogens with two attached hydrogens (primary N) is 1. The molecule has 0 bridgehead atoms. The highest BCUT2D eigenvalue weighted by molar-refractivity contribution is 6.35. The van der Waals surface area contributed by atoms with Crippen LogP contribution in [0.15, 0.2) is 97.3 Å². The molecule has 0 aliphatic carbocycles. The quantitative estimate of drug-likeness (QED) is 0.136. The Kier molecular flexibility index (Phi) is 9.84. The second-order valence-electron chi connectivity index (χ2n) is 12.7. The van der Waals surface area contributed by atoms with Crippen molar-refractivity contribution < 1.29 is 35.9 Å². The first-order valence-corrected chi connectivity index (χ1v) is 17.4. The van der Waals surface area contributed by atoms with Crippen LogP contribution in [-0.2, 0) is 12.4 Å². The van der Waals surface area contributed by atoms with E-state index in [1.54, 1.807) is 80.6 Å². The highest BCUT2D eigenvalue weighted by atomic mass is 35.5. The van der Waals surface area contributed by atoms with Gasteiger partial charge in [0.05, 0.1) is 38.2 Å². The van der Waals surface area contributed by atoms with Crippen LogP contribution in [0.4, 0.5) is 26.3 Å². The third kappa shape index (κ3) is 7.06. The summed E-state index contributed by atoms with van der Waals surface area (Å²) in [7, 11) is 0. The van der Waals surface area contributed by atoms with Gasteiger partial charge in [-0.2, -0.15) is 36.5 Å². The number of hydrogen-bond donors (Lipinski definition) is 1. The SMILES string of the molecule is C[C@@H](c1cc2cccc(Cl)c2nc1-n1ccc(C(F)(F)F)n1)N1C(=O)c2ccccc2C1=O.C[C@H](N)c1cc2cccc(Cl)c2nc1-n1ccc(C(F)(F)F)n1. The minimum absolute atomic E-state index is 0.0372. The molecule has 1 aliphatic heterocycles. The van der Waals surface area contributed by atoms with Crippen molar-refractivity contribution in [1.82, 2.24) is 34.4 Å². The van der Waals surface area contributed by atoms with E-state index in [1.165, 1.54) is 6.20 Å². The van der Waals surface area contributed by atoms with Crippen molar-refractivity contribution in [3.8, 4) is 11.6 Å². The van der Waals surface area contributed by atoms with Crippen molar-refractivity contribution in [3.63, 3.8) is 0 Å². The number of pyridine rings is 2. The predicted octanol–water partition coefficient (Wildman–Crippen LogP) is 9.56. The largest absolute Gasteiger partial charge is 0.435 e. The third-order valence-corrected chi connectivity index (χ3v) is 9.57. The van der Waals surface area contributed by atoms with E-state index >= 15 is 0 Å². The highest BCUT2D eigenvalue weighted by Gasteiger charge is 2.40. The number of imide groups is 1. The highest BCUT2D eigenvalue weighted by Crippen LogP contribution is 2.37. The number of alkyl halides is 6. The first-order chi connectivity index (χ1) is 26.4. The van der Waals surface area contributed by atoms with Gasteiger partial charge in [0, 0.05) is 40.3 Å². The zero-order valence-electron chi connectivity index (χ0n) is 28.9. The molecule has 18 heteroatoms. The van der Waals surface area contributed by atoms with Gasteiger partial charge >= 0.3 is 12.4 Å². The summed E-state index contributed by atoms with van der Waals surface area (Å²) in [6.45, 7) is 3.35. The first-order valence-electron chi connectivity index (χ1n) is 16.6. The van der Waals surface area contributed by atoms with Crippen molar-refractivity contribution in [2.75, 3.05) is 0 Å². The van der Waals surface area contributed by atoms with E-state index in [9.17, 15) is 35.9 Å².